The highest BCUT2D eigenvalue weighted by Crippen LogP contribution is 2.46. The van der Waals surface area contributed by atoms with Crippen molar-refractivity contribution in [2.75, 3.05) is 11.1 Å². The van der Waals surface area contributed by atoms with Crippen LogP contribution in [-0.4, -0.2) is 31.2 Å². The average Bonchev–Trinajstić information content (AvgIpc) is 2.41. The summed E-state index contributed by atoms with van der Waals surface area (Å²) in [7, 11) is -3.60. The maximum absolute atomic E-state index is 12.4. The zero-order valence-corrected chi connectivity index (χ0v) is 11.4. The maximum Gasteiger partial charge on any atom is 0.335 e. The number of carboxylic acids is 1. The highest BCUT2D eigenvalue weighted by Gasteiger charge is 2.50. The van der Waals surface area contributed by atoms with Gasteiger partial charge in [0.05, 0.1) is 27.3 Å². The molecule has 2 aliphatic rings. The lowest BCUT2D eigenvalue weighted by atomic mass is 9.69. The first-order chi connectivity index (χ1) is 9.34. The van der Waals surface area contributed by atoms with Crippen molar-refractivity contribution in [1.29, 1.82) is 0 Å². The number of anilines is 1. The van der Waals surface area contributed by atoms with Crippen molar-refractivity contribution in [3.63, 3.8) is 0 Å². The molecule has 2 N–H and O–H groups in total. The number of hydrogen-bond donors (Lipinski definition) is 2. The summed E-state index contributed by atoms with van der Waals surface area (Å²) in [5.41, 5.74) is -0.830. The molecule has 1 aliphatic heterocycles. The van der Waals surface area contributed by atoms with Crippen LogP contribution in [-0.2, 0) is 14.6 Å². The van der Waals surface area contributed by atoms with E-state index in [9.17, 15) is 18.0 Å². The molecule has 1 amide bonds. The number of amides is 1. The van der Waals surface area contributed by atoms with Gasteiger partial charge >= 0.3 is 5.97 Å². The molecule has 0 atom stereocenters. The highest BCUT2D eigenvalue weighted by atomic mass is 32.2. The third-order valence-electron chi connectivity index (χ3n) is 4.07. The Morgan fingerprint density at radius 3 is 2.55 bits per heavy atom. The molecule has 1 saturated carbocycles. The molecule has 3 rings (SSSR count). The molecule has 0 radical (unpaired) electrons. The molecule has 0 aromatic heterocycles. The van der Waals surface area contributed by atoms with Crippen molar-refractivity contribution < 1.29 is 23.1 Å². The Morgan fingerprint density at radius 1 is 1.30 bits per heavy atom. The molecule has 1 aliphatic carbocycles. The monoisotopic (exact) mass is 295 g/mol. The van der Waals surface area contributed by atoms with E-state index < -0.39 is 21.2 Å². The van der Waals surface area contributed by atoms with E-state index in [1.54, 1.807) is 0 Å². The molecule has 20 heavy (non-hydrogen) atoms. The number of carboxylic acid groups (broad SMARTS) is 1. The van der Waals surface area contributed by atoms with E-state index in [-0.39, 0.29) is 27.8 Å². The fourth-order valence-corrected chi connectivity index (χ4v) is 4.79. The van der Waals surface area contributed by atoms with Crippen molar-refractivity contribution in [3.05, 3.63) is 23.8 Å². The Kier molecular flexibility index (Phi) is 2.66. The summed E-state index contributed by atoms with van der Waals surface area (Å²) < 4.78 is 24.8. The van der Waals surface area contributed by atoms with Gasteiger partial charge in [-0.05, 0) is 31.0 Å². The van der Waals surface area contributed by atoms with Crippen LogP contribution in [0.2, 0.25) is 0 Å². The minimum atomic E-state index is -3.60. The van der Waals surface area contributed by atoms with Gasteiger partial charge in [-0.3, -0.25) is 4.79 Å². The van der Waals surface area contributed by atoms with Crippen LogP contribution >= 0.6 is 0 Å². The summed E-state index contributed by atoms with van der Waals surface area (Å²) in [6.07, 6.45) is 1.94. The molecule has 0 bridgehead atoms. The number of rotatable bonds is 1. The largest absolute Gasteiger partial charge is 0.478 e. The van der Waals surface area contributed by atoms with Gasteiger partial charge in [0, 0.05) is 0 Å². The van der Waals surface area contributed by atoms with E-state index in [1.807, 2.05) is 0 Å². The maximum atomic E-state index is 12.4. The van der Waals surface area contributed by atoms with E-state index in [0.29, 0.717) is 12.8 Å². The summed E-state index contributed by atoms with van der Waals surface area (Å²) >= 11 is 0. The van der Waals surface area contributed by atoms with Crippen LogP contribution < -0.4 is 5.32 Å². The van der Waals surface area contributed by atoms with Gasteiger partial charge in [0.25, 0.3) is 0 Å². The molecule has 6 nitrogen and oxygen atoms in total. The lowest BCUT2D eigenvalue weighted by Crippen LogP contribution is -2.45. The predicted molar refractivity (Wildman–Crippen MR) is 70.4 cm³/mol. The third kappa shape index (κ3) is 1.81. The van der Waals surface area contributed by atoms with Crippen molar-refractivity contribution >= 4 is 27.4 Å². The smallest absolute Gasteiger partial charge is 0.335 e. The number of sulfone groups is 1. The highest BCUT2D eigenvalue weighted by molar-refractivity contribution is 7.91. The van der Waals surface area contributed by atoms with E-state index >= 15 is 0 Å². The normalized spacial score (nSPS) is 22.3. The quantitative estimate of drug-likeness (QED) is 0.813. The van der Waals surface area contributed by atoms with Crippen LogP contribution in [0.4, 0.5) is 5.69 Å². The molecular formula is C13H13NO5S. The SMILES string of the molecule is O=C(O)c1ccc2c(c1)NC(=O)C1(CCC1)CS2(=O)=O. The summed E-state index contributed by atoms with van der Waals surface area (Å²) in [5, 5.41) is 11.5. The molecule has 0 unspecified atom stereocenters. The second-order valence-electron chi connectivity index (χ2n) is 5.36. The van der Waals surface area contributed by atoms with Crippen LogP contribution in [0.5, 0.6) is 0 Å². The molecule has 106 valence electrons. The predicted octanol–water partition coefficient (Wildman–Crippen LogP) is 1.28. The number of hydrogen-bond acceptors (Lipinski definition) is 4. The van der Waals surface area contributed by atoms with E-state index in [2.05, 4.69) is 5.32 Å². The van der Waals surface area contributed by atoms with Crippen molar-refractivity contribution in [3.8, 4) is 0 Å². The molecule has 1 heterocycles. The van der Waals surface area contributed by atoms with Gasteiger partial charge in [-0.2, -0.15) is 0 Å². The molecule has 7 heteroatoms. The molecule has 1 aromatic carbocycles. The van der Waals surface area contributed by atoms with Gasteiger partial charge in [0.2, 0.25) is 5.91 Å². The first kappa shape index (κ1) is 13.1. The van der Waals surface area contributed by atoms with Crippen molar-refractivity contribution in [1.82, 2.24) is 0 Å². The Hall–Kier alpha value is -1.89. The lowest BCUT2D eigenvalue weighted by molar-refractivity contribution is -0.128. The van der Waals surface area contributed by atoms with Gasteiger partial charge in [-0.15, -0.1) is 0 Å². The van der Waals surface area contributed by atoms with E-state index in [0.717, 1.165) is 6.42 Å². The van der Waals surface area contributed by atoms with Gasteiger partial charge in [0.1, 0.15) is 0 Å². The minimum absolute atomic E-state index is 0.000347. The number of benzene rings is 1. The molecule has 1 spiro atoms. The number of nitrogens with one attached hydrogen (secondary N) is 1. The van der Waals surface area contributed by atoms with Crippen LogP contribution in [0.25, 0.3) is 0 Å². The summed E-state index contributed by atoms with van der Waals surface area (Å²) in [6, 6.07) is 3.69. The number of aromatic carboxylic acids is 1. The first-order valence-electron chi connectivity index (χ1n) is 6.26. The van der Waals surface area contributed by atoms with Crippen molar-refractivity contribution in [2.45, 2.75) is 24.2 Å². The van der Waals surface area contributed by atoms with E-state index in [1.165, 1.54) is 18.2 Å². The standard InChI is InChI=1S/C13H13NO5S/c15-11(16)8-2-3-10-9(6-8)14-12(17)13(4-1-5-13)7-20(10,18)19/h2-3,6H,1,4-5,7H2,(H,14,17)(H,15,16). The van der Waals surface area contributed by atoms with Crippen LogP contribution in [0.3, 0.4) is 0 Å². The topological polar surface area (TPSA) is 101 Å². The molecule has 1 fully saturated rings. The summed E-state index contributed by atoms with van der Waals surface area (Å²) in [6.45, 7) is 0. The fraction of sp³-hybridized carbons (Fsp3) is 0.385. The average molecular weight is 295 g/mol. The van der Waals surface area contributed by atoms with Gasteiger partial charge < -0.3 is 10.4 Å². The van der Waals surface area contributed by atoms with Crippen LogP contribution in [0, 0.1) is 5.41 Å². The minimum Gasteiger partial charge on any atom is -0.478 e. The van der Waals surface area contributed by atoms with E-state index in [4.69, 9.17) is 5.11 Å². The molecule has 1 aromatic rings. The second-order valence-corrected chi connectivity index (χ2v) is 7.32. The first-order valence-corrected chi connectivity index (χ1v) is 7.91. The summed E-state index contributed by atoms with van der Waals surface area (Å²) in [4.78, 5) is 23.2. The third-order valence-corrected chi connectivity index (χ3v) is 6.03. The van der Waals surface area contributed by atoms with Crippen LogP contribution in [0.15, 0.2) is 23.1 Å². The lowest BCUT2D eigenvalue weighted by Gasteiger charge is -2.38. The summed E-state index contributed by atoms with van der Waals surface area (Å²) in [5.74, 6) is -1.69. The zero-order chi connectivity index (χ0) is 14.5. The molecule has 0 saturated heterocycles. The number of carbonyl (C=O) groups excluding carboxylic acids is 1. The Bertz CT molecular complexity index is 718. The zero-order valence-electron chi connectivity index (χ0n) is 10.5. The Morgan fingerprint density at radius 2 is 2.00 bits per heavy atom. The van der Waals surface area contributed by atoms with Gasteiger partial charge in [-0.1, -0.05) is 6.42 Å². The Labute approximate surface area is 115 Å². The molecular weight excluding hydrogens is 282 g/mol. The number of carbonyl (C=O) groups is 2. The van der Waals surface area contributed by atoms with Crippen molar-refractivity contribution in [2.24, 2.45) is 5.41 Å². The second kappa shape index (κ2) is 4.05. The van der Waals surface area contributed by atoms with Gasteiger partial charge in [-0.25, -0.2) is 13.2 Å². The fourth-order valence-electron chi connectivity index (χ4n) is 2.77. The number of fused-ring (bicyclic) bond motifs is 1. The Balaban J connectivity index is 2.15. The van der Waals surface area contributed by atoms with Gasteiger partial charge in [0.15, 0.2) is 9.84 Å². The van der Waals surface area contributed by atoms with Crippen LogP contribution in [0.1, 0.15) is 29.6 Å².